The highest BCUT2D eigenvalue weighted by atomic mass is 16.5. The van der Waals surface area contributed by atoms with Gasteiger partial charge in [-0.3, -0.25) is 0 Å². The van der Waals surface area contributed by atoms with Crippen molar-refractivity contribution in [3.63, 3.8) is 0 Å². The molecule has 0 radical (unpaired) electrons. The monoisotopic (exact) mass is 280 g/mol. The van der Waals surface area contributed by atoms with Gasteiger partial charge >= 0.3 is 0 Å². The van der Waals surface area contributed by atoms with Crippen LogP contribution in [-0.4, -0.2) is 5.16 Å². The third-order valence-electron chi connectivity index (χ3n) is 4.04. The van der Waals surface area contributed by atoms with E-state index in [2.05, 4.69) is 59.9 Å². The molecule has 2 aromatic carbocycles. The minimum atomic E-state index is 0.281. The molecule has 0 aliphatic carbocycles. The van der Waals surface area contributed by atoms with Crippen molar-refractivity contribution in [1.29, 1.82) is 0 Å². The fourth-order valence-corrected chi connectivity index (χ4v) is 2.60. The first-order valence-electron chi connectivity index (χ1n) is 7.29. The molecule has 21 heavy (non-hydrogen) atoms. The summed E-state index contributed by atoms with van der Waals surface area (Å²) in [5.41, 5.74) is 3.41. The van der Waals surface area contributed by atoms with E-state index in [0.29, 0.717) is 0 Å². The smallest absolute Gasteiger partial charge is 0.138 e. The van der Waals surface area contributed by atoms with Crippen molar-refractivity contribution in [2.45, 2.75) is 33.4 Å². The topological polar surface area (TPSA) is 38.1 Å². The maximum atomic E-state index is 5.20. The molecule has 0 fully saturated rings. The molecule has 3 rings (SSSR count). The van der Waals surface area contributed by atoms with E-state index >= 15 is 0 Å². The van der Waals surface area contributed by atoms with Crippen LogP contribution in [0.4, 0.5) is 0 Å². The van der Waals surface area contributed by atoms with Gasteiger partial charge in [0.2, 0.25) is 0 Å². The van der Waals surface area contributed by atoms with Crippen LogP contribution in [0.1, 0.15) is 35.5 Å². The quantitative estimate of drug-likeness (QED) is 0.774. The molecule has 3 aromatic rings. The second-order valence-electron chi connectivity index (χ2n) is 5.51. The molecule has 0 bridgehead atoms. The van der Waals surface area contributed by atoms with Gasteiger partial charge < -0.3 is 9.84 Å². The van der Waals surface area contributed by atoms with Crippen molar-refractivity contribution in [2.24, 2.45) is 0 Å². The second-order valence-corrected chi connectivity index (χ2v) is 5.51. The highest BCUT2D eigenvalue weighted by Gasteiger charge is 2.11. The summed E-state index contributed by atoms with van der Waals surface area (Å²) in [4.78, 5) is 0. The molecule has 0 saturated heterocycles. The Morgan fingerprint density at radius 2 is 1.86 bits per heavy atom. The lowest BCUT2D eigenvalue weighted by molar-refractivity contribution is 0.391. The summed E-state index contributed by atoms with van der Waals surface area (Å²) >= 11 is 0. The Balaban J connectivity index is 1.76. The number of aromatic nitrogens is 1. The van der Waals surface area contributed by atoms with Crippen molar-refractivity contribution in [3.8, 4) is 0 Å². The van der Waals surface area contributed by atoms with Gasteiger partial charge in [-0.25, -0.2) is 0 Å². The maximum Gasteiger partial charge on any atom is 0.138 e. The van der Waals surface area contributed by atoms with Crippen molar-refractivity contribution in [1.82, 2.24) is 10.5 Å². The lowest BCUT2D eigenvalue weighted by Gasteiger charge is -2.15. The van der Waals surface area contributed by atoms with Crippen LogP contribution in [-0.2, 0) is 6.54 Å². The number of benzene rings is 2. The van der Waals surface area contributed by atoms with Gasteiger partial charge in [0.1, 0.15) is 5.76 Å². The second kappa shape index (κ2) is 5.70. The standard InChI is InChI=1S/C18H20N2O/c1-12(19-11-18-13(2)20-21-14(18)3)16-9-8-15-6-4-5-7-17(15)10-16/h4-10,12,19H,11H2,1-3H3/t12-/m0/s1. The largest absolute Gasteiger partial charge is 0.361 e. The average Bonchev–Trinajstić information content (AvgIpc) is 2.83. The van der Waals surface area contributed by atoms with Gasteiger partial charge in [-0.2, -0.15) is 0 Å². The Labute approximate surface area is 125 Å². The van der Waals surface area contributed by atoms with Gasteiger partial charge in [-0.05, 0) is 43.2 Å². The summed E-state index contributed by atoms with van der Waals surface area (Å²) in [5.74, 6) is 0.894. The molecule has 3 nitrogen and oxygen atoms in total. The fraction of sp³-hybridized carbons (Fsp3) is 0.278. The average molecular weight is 280 g/mol. The number of aryl methyl sites for hydroxylation is 2. The zero-order valence-corrected chi connectivity index (χ0v) is 12.7. The van der Waals surface area contributed by atoms with Gasteiger partial charge in [0.25, 0.3) is 0 Å². The summed E-state index contributed by atoms with van der Waals surface area (Å²) in [6.07, 6.45) is 0. The normalized spacial score (nSPS) is 12.7. The zero-order valence-electron chi connectivity index (χ0n) is 12.7. The van der Waals surface area contributed by atoms with E-state index < -0.39 is 0 Å². The molecular weight excluding hydrogens is 260 g/mol. The van der Waals surface area contributed by atoms with Crippen LogP contribution in [0.5, 0.6) is 0 Å². The Hall–Kier alpha value is -2.13. The van der Waals surface area contributed by atoms with Crippen LogP contribution in [0, 0.1) is 13.8 Å². The van der Waals surface area contributed by atoms with Crippen LogP contribution in [0.25, 0.3) is 10.8 Å². The van der Waals surface area contributed by atoms with E-state index in [9.17, 15) is 0 Å². The predicted molar refractivity (Wildman–Crippen MR) is 85.2 cm³/mol. The van der Waals surface area contributed by atoms with Crippen LogP contribution in [0.3, 0.4) is 0 Å². The van der Waals surface area contributed by atoms with E-state index in [-0.39, 0.29) is 6.04 Å². The minimum absolute atomic E-state index is 0.281. The molecule has 108 valence electrons. The zero-order chi connectivity index (χ0) is 14.8. The van der Waals surface area contributed by atoms with E-state index in [1.165, 1.54) is 16.3 Å². The molecular formula is C18H20N2O. The fourth-order valence-electron chi connectivity index (χ4n) is 2.60. The molecule has 0 aliphatic rings. The van der Waals surface area contributed by atoms with Gasteiger partial charge in [-0.1, -0.05) is 41.6 Å². The number of rotatable bonds is 4. The highest BCUT2D eigenvalue weighted by Crippen LogP contribution is 2.21. The first-order chi connectivity index (χ1) is 10.1. The first-order valence-corrected chi connectivity index (χ1v) is 7.29. The maximum absolute atomic E-state index is 5.20. The summed E-state index contributed by atoms with van der Waals surface area (Å²) in [5, 5.41) is 10.1. The molecule has 1 N–H and O–H groups in total. The van der Waals surface area contributed by atoms with Crippen molar-refractivity contribution < 1.29 is 4.52 Å². The molecule has 0 unspecified atom stereocenters. The molecule has 0 aliphatic heterocycles. The van der Waals surface area contributed by atoms with Crippen LogP contribution < -0.4 is 5.32 Å². The molecule has 3 heteroatoms. The Morgan fingerprint density at radius 3 is 2.57 bits per heavy atom. The SMILES string of the molecule is Cc1noc(C)c1CN[C@@H](C)c1ccc2ccccc2c1. The van der Waals surface area contributed by atoms with Crippen LogP contribution >= 0.6 is 0 Å². The van der Waals surface area contributed by atoms with Gasteiger partial charge in [-0.15, -0.1) is 0 Å². The first kappa shape index (κ1) is 13.8. The van der Waals surface area contributed by atoms with Gasteiger partial charge in [0.15, 0.2) is 0 Å². The summed E-state index contributed by atoms with van der Waals surface area (Å²) in [6, 6.07) is 15.3. The number of fused-ring (bicyclic) bond motifs is 1. The Kier molecular flexibility index (Phi) is 3.76. The van der Waals surface area contributed by atoms with E-state index in [1.807, 2.05) is 13.8 Å². The van der Waals surface area contributed by atoms with Gasteiger partial charge in [0, 0.05) is 18.2 Å². The van der Waals surface area contributed by atoms with Crippen LogP contribution in [0.2, 0.25) is 0 Å². The minimum Gasteiger partial charge on any atom is -0.361 e. The lowest BCUT2D eigenvalue weighted by Crippen LogP contribution is -2.18. The summed E-state index contributed by atoms with van der Waals surface area (Å²) in [6.45, 7) is 6.89. The van der Waals surface area contributed by atoms with Crippen molar-refractivity contribution in [2.75, 3.05) is 0 Å². The third kappa shape index (κ3) is 2.83. The van der Waals surface area contributed by atoms with Crippen molar-refractivity contribution >= 4 is 10.8 Å². The van der Waals surface area contributed by atoms with Crippen molar-refractivity contribution in [3.05, 3.63) is 65.0 Å². The molecule has 1 aromatic heterocycles. The van der Waals surface area contributed by atoms with E-state index in [4.69, 9.17) is 4.52 Å². The summed E-state index contributed by atoms with van der Waals surface area (Å²) in [7, 11) is 0. The number of nitrogens with one attached hydrogen (secondary N) is 1. The predicted octanol–water partition coefficient (Wildman–Crippen LogP) is 4.30. The molecule has 0 amide bonds. The lowest BCUT2D eigenvalue weighted by atomic mass is 10.0. The number of hydrogen-bond acceptors (Lipinski definition) is 3. The Bertz CT molecular complexity index is 741. The third-order valence-corrected chi connectivity index (χ3v) is 4.04. The highest BCUT2D eigenvalue weighted by molar-refractivity contribution is 5.83. The molecule has 0 saturated carbocycles. The van der Waals surface area contributed by atoms with Gasteiger partial charge in [0.05, 0.1) is 5.69 Å². The van der Waals surface area contributed by atoms with Crippen LogP contribution in [0.15, 0.2) is 47.0 Å². The summed E-state index contributed by atoms with van der Waals surface area (Å²) < 4.78 is 5.20. The Morgan fingerprint density at radius 1 is 1.10 bits per heavy atom. The number of hydrogen-bond donors (Lipinski definition) is 1. The number of nitrogens with zero attached hydrogens (tertiary/aromatic N) is 1. The van der Waals surface area contributed by atoms with E-state index in [1.54, 1.807) is 0 Å². The van der Waals surface area contributed by atoms with E-state index in [0.717, 1.165) is 23.6 Å². The molecule has 1 atom stereocenters. The molecule has 0 spiro atoms. The molecule has 1 heterocycles.